The summed E-state index contributed by atoms with van der Waals surface area (Å²) in [6, 6.07) is 0. The highest BCUT2D eigenvalue weighted by molar-refractivity contribution is 7.20. The molecule has 27 heavy (non-hydrogen) atoms. The summed E-state index contributed by atoms with van der Waals surface area (Å²) in [5, 5.41) is 0.433. The number of nitrogens with zero attached hydrogens (tertiary/aromatic N) is 1. The molecule has 1 unspecified atom stereocenters. The van der Waals surface area contributed by atoms with Crippen LogP contribution in [0.1, 0.15) is 40.8 Å². The largest absolute Gasteiger partial charge is 0.466 e. The number of fused-ring (bicyclic) bond motifs is 1. The zero-order chi connectivity index (χ0) is 19.6. The minimum atomic E-state index is -0.463. The number of hydrogen-bond donors (Lipinski definition) is 2. The van der Waals surface area contributed by atoms with Crippen molar-refractivity contribution in [3.05, 3.63) is 26.6 Å². The standard InChI is InChI=1S/C18H23N3O5S/c1-4-26-17(23)11-6-5-7-21(8-11)9-12-19-15(22)13-10(2)14(18(24)25-3)27-16(13)20-12/h11H,4-9H2,1-3H3,(H,19,20,22)/p+1/t11-/m1/s1. The van der Waals surface area contributed by atoms with E-state index in [0.29, 0.717) is 46.2 Å². The molecule has 1 saturated heterocycles. The van der Waals surface area contributed by atoms with Gasteiger partial charge in [-0.2, -0.15) is 0 Å². The van der Waals surface area contributed by atoms with Crippen molar-refractivity contribution < 1.29 is 24.0 Å². The van der Waals surface area contributed by atoms with E-state index in [9.17, 15) is 14.4 Å². The van der Waals surface area contributed by atoms with Crippen molar-refractivity contribution in [1.82, 2.24) is 9.97 Å². The highest BCUT2D eigenvalue weighted by atomic mass is 32.1. The summed E-state index contributed by atoms with van der Waals surface area (Å²) in [4.78, 5) is 45.9. The van der Waals surface area contributed by atoms with Crippen LogP contribution in [0.5, 0.6) is 0 Å². The van der Waals surface area contributed by atoms with Gasteiger partial charge >= 0.3 is 11.9 Å². The lowest BCUT2D eigenvalue weighted by Gasteiger charge is -2.28. The van der Waals surface area contributed by atoms with Gasteiger partial charge in [-0.15, -0.1) is 11.3 Å². The number of H-pyrrole nitrogens is 1. The van der Waals surface area contributed by atoms with Gasteiger partial charge in [-0.25, -0.2) is 9.78 Å². The van der Waals surface area contributed by atoms with E-state index in [0.717, 1.165) is 19.4 Å². The molecule has 2 atom stereocenters. The Balaban J connectivity index is 1.82. The van der Waals surface area contributed by atoms with Crippen LogP contribution in [0.2, 0.25) is 0 Å². The van der Waals surface area contributed by atoms with Crippen LogP contribution in [-0.2, 0) is 20.8 Å². The molecule has 0 radical (unpaired) electrons. The molecule has 0 saturated carbocycles. The first kappa shape index (κ1) is 19.5. The molecule has 146 valence electrons. The molecule has 0 bridgehead atoms. The SMILES string of the molecule is CCOC(=O)[C@@H]1CCC[NH+](Cc2nc3sc(C(=O)OC)c(C)c3c(=O)[nH]2)C1. The van der Waals surface area contributed by atoms with E-state index >= 15 is 0 Å². The van der Waals surface area contributed by atoms with Gasteiger partial charge in [-0.05, 0) is 32.3 Å². The quantitative estimate of drug-likeness (QED) is 0.714. The highest BCUT2D eigenvalue weighted by Crippen LogP contribution is 2.27. The average Bonchev–Trinajstić information content (AvgIpc) is 2.98. The summed E-state index contributed by atoms with van der Waals surface area (Å²) < 4.78 is 9.91. The van der Waals surface area contributed by atoms with Crippen LogP contribution >= 0.6 is 11.3 Å². The number of aryl methyl sites for hydroxylation is 1. The number of aromatic amines is 1. The Morgan fingerprint density at radius 2 is 2.19 bits per heavy atom. The second-order valence-corrected chi connectivity index (χ2v) is 7.71. The summed E-state index contributed by atoms with van der Waals surface area (Å²) in [5.74, 6) is -0.165. The lowest BCUT2D eigenvalue weighted by Crippen LogP contribution is -3.12. The number of esters is 2. The summed E-state index contributed by atoms with van der Waals surface area (Å²) >= 11 is 1.17. The van der Waals surface area contributed by atoms with Gasteiger partial charge in [0.25, 0.3) is 5.56 Å². The van der Waals surface area contributed by atoms with Crippen molar-refractivity contribution in [2.45, 2.75) is 33.2 Å². The van der Waals surface area contributed by atoms with Crippen molar-refractivity contribution in [2.75, 3.05) is 26.8 Å². The van der Waals surface area contributed by atoms with Crippen LogP contribution in [0.3, 0.4) is 0 Å². The Bertz CT molecular complexity index is 920. The Labute approximate surface area is 160 Å². The molecular weight excluding hydrogens is 370 g/mol. The molecule has 0 amide bonds. The molecule has 0 aliphatic carbocycles. The van der Waals surface area contributed by atoms with Gasteiger partial charge < -0.3 is 19.4 Å². The van der Waals surface area contributed by atoms with Gasteiger partial charge in [0, 0.05) is 0 Å². The van der Waals surface area contributed by atoms with E-state index < -0.39 is 5.97 Å². The minimum absolute atomic E-state index is 0.112. The molecule has 1 aliphatic heterocycles. The smallest absolute Gasteiger partial charge is 0.348 e. The average molecular weight is 394 g/mol. The van der Waals surface area contributed by atoms with Crippen LogP contribution in [0.4, 0.5) is 0 Å². The van der Waals surface area contributed by atoms with E-state index in [1.807, 2.05) is 0 Å². The number of methoxy groups -OCH3 is 1. The summed E-state index contributed by atoms with van der Waals surface area (Å²) in [7, 11) is 1.31. The fourth-order valence-electron chi connectivity index (χ4n) is 3.57. The van der Waals surface area contributed by atoms with Crippen molar-refractivity contribution in [1.29, 1.82) is 0 Å². The van der Waals surface area contributed by atoms with Crippen LogP contribution in [0.15, 0.2) is 4.79 Å². The maximum atomic E-state index is 12.5. The van der Waals surface area contributed by atoms with Gasteiger partial charge in [0.15, 0.2) is 5.82 Å². The van der Waals surface area contributed by atoms with Gasteiger partial charge in [0.05, 0.1) is 32.2 Å². The monoisotopic (exact) mass is 394 g/mol. The predicted molar refractivity (Wildman–Crippen MR) is 100 cm³/mol. The third kappa shape index (κ3) is 4.03. The molecule has 2 aromatic rings. The van der Waals surface area contributed by atoms with E-state index in [2.05, 4.69) is 9.97 Å². The van der Waals surface area contributed by atoms with E-state index in [1.54, 1.807) is 13.8 Å². The fraction of sp³-hybridized carbons (Fsp3) is 0.556. The van der Waals surface area contributed by atoms with Crippen LogP contribution in [-0.4, -0.2) is 48.7 Å². The summed E-state index contributed by atoms with van der Waals surface area (Å²) in [5.41, 5.74) is 0.340. The van der Waals surface area contributed by atoms with Crippen LogP contribution in [0, 0.1) is 12.8 Å². The van der Waals surface area contributed by atoms with Crippen molar-refractivity contribution in [3.8, 4) is 0 Å². The number of quaternary nitrogens is 1. The van der Waals surface area contributed by atoms with Crippen molar-refractivity contribution in [3.63, 3.8) is 0 Å². The number of nitrogens with one attached hydrogen (secondary N) is 2. The second-order valence-electron chi connectivity index (χ2n) is 6.71. The first-order chi connectivity index (χ1) is 12.9. The van der Waals surface area contributed by atoms with Gasteiger partial charge in [-0.1, -0.05) is 0 Å². The number of rotatable bonds is 5. The molecule has 0 spiro atoms. The number of thiophene rings is 1. The van der Waals surface area contributed by atoms with Crippen molar-refractivity contribution >= 4 is 33.5 Å². The predicted octanol–water partition coefficient (Wildman–Crippen LogP) is 0.438. The highest BCUT2D eigenvalue weighted by Gasteiger charge is 2.30. The molecule has 2 N–H and O–H groups in total. The molecule has 2 aromatic heterocycles. The Kier molecular flexibility index (Phi) is 5.91. The Hall–Kier alpha value is -2.26. The molecule has 0 aromatic carbocycles. The third-order valence-electron chi connectivity index (χ3n) is 4.88. The van der Waals surface area contributed by atoms with Crippen LogP contribution in [0.25, 0.3) is 10.2 Å². The zero-order valence-electron chi connectivity index (χ0n) is 15.7. The fourth-order valence-corrected chi connectivity index (χ4v) is 4.69. The molecule has 9 heteroatoms. The summed E-state index contributed by atoms with van der Waals surface area (Å²) in [6.45, 7) is 6.01. The van der Waals surface area contributed by atoms with Crippen molar-refractivity contribution in [2.24, 2.45) is 5.92 Å². The van der Waals surface area contributed by atoms with Gasteiger partial charge in [0.1, 0.15) is 22.2 Å². The van der Waals surface area contributed by atoms with Gasteiger partial charge in [-0.3, -0.25) is 9.59 Å². The number of hydrogen-bond acceptors (Lipinski definition) is 7. The number of ether oxygens (including phenoxy) is 2. The molecule has 1 fully saturated rings. The third-order valence-corrected chi connectivity index (χ3v) is 6.04. The number of aromatic nitrogens is 2. The maximum Gasteiger partial charge on any atom is 0.348 e. The molecule has 3 rings (SSSR count). The Morgan fingerprint density at radius 1 is 1.41 bits per heavy atom. The van der Waals surface area contributed by atoms with E-state index in [4.69, 9.17) is 9.47 Å². The lowest BCUT2D eigenvalue weighted by atomic mass is 9.98. The van der Waals surface area contributed by atoms with Crippen LogP contribution < -0.4 is 10.5 Å². The molecule has 8 nitrogen and oxygen atoms in total. The number of piperidine rings is 1. The minimum Gasteiger partial charge on any atom is -0.466 e. The molecule has 1 aliphatic rings. The first-order valence-corrected chi connectivity index (χ1v) is 9.87. The second kappa shape index (κ2) is 8.18. The number of likely N-dealkylation sites (tertiary alicyclic amines) is 1. The first-order valence-electron chi connectivity index (χ1n) is 9.05. The normalized spacial score (nSPS) is 19.8. The Morgan fingerprint density at radius 3 is 2.89 bits per heavy atom. The molecular formula is C18H24N3O5S+. The number of carbonyl (C=O) groups is 2. The molecule has 3 heterocycles. The maximum absolute atomic E-state index is 12.5. The summed E-state index contributed by atoms with van der Waals surface area (Å²) in [6.07, 6.45) is 1.76. The van der Waals surface area contributed by atoms with Gasteiger partial charge in [0.2, 0.25) is 0 Å². The van der Waals surface area contributed by atoms with E-state index in [-0.39, 0.29) is 17.4 Å². The zero-order valence-corrected chi connectivity index (χ0v) is 16.5. The number of carbonyl (C=O) groups excluding carboxylic acids is 2. The topological polar surface area (TPSA) is 103 Å². The lowest BCUT2D eigenvalue weighted by molar-refractivity contribution is -0.921. The van der Waals surface area contributed by atoms with E-state index in [1.165, 1.54) is 23.3 Å².